The highest BCUT2D eigenvalue weighted by Crippen LogP contribution is 2.42. The standard InChI is InChI=1S/C21H25ClN6.ClH/c22-16-4-1-3-14(9-16)11-24-21-27-20(26-17-5-2-8-23-12-17)10-19-18(15-6-7-15)13-25-28(19)21;/h1,3-4,9-10,13,15,17,23,26H,2,5-8,11-12H2,(H,24,27);1H/t17-;/m0./s1. The third kappa shape index (κ3) is 4.60. The summed E-state index contributed by atoms with van der Waals surface area (Å²) in [5.41, 5.74) is 3.60. The van der Waals surface area contributed by atoms with E-state index >= 15 is 0 Å². The van der Waals surface area contributed by atoms with E-state index in [0.29, 0.717) is 18.5 Å². The van der Waals surface area contributed by atoms with Crippen LogP contribution in [0.4, 0.5) is 11.8 Å². The number of nitrogens with zero attached hydrogens (tertiary/aromatic N) is 3. The Hall–Kier alpha value is -2.02. The van der Waals surface area contributed by atoms with Gasteiger partial charge in [-0.2, -0.15) is 10.1 Å². The van der Waals surface area contributed by atoms with Gasteiger partial charge in [0.1, 0.15) is 5.82 Å². The molecule has 6 nitrogen and oxygen atoms in total. The number of nitrogens with one attached hydrogen (secondary N) is 3. The van der Waals surface area contributed by atoms with Crippen molar-refractivity contribution in [2.75, 3.05) is 23.7 Å². The van der Waals surface area contributed by atoms with E-state index in [2.05, 4.69) is 33.2 Å². The van der Waals surface area contributed by atoms with Crippen molar-refractivity contribution in [2.24, 2.45) is 0 Å². The van der Waals surface area contributed by atoms with Crippen LogP contribution in [-0.4, -0.2) is 33.7 Å². The maximum atomic E-state index is 6.12. The molecule has 0 radical (unpaired) electrons. The molecule has 1 aliphatic heterocycles. The SMILES string of the molecule is Cl.Clc1cccc(CNc2nc(N[C@H]3CCCNC3)cc3c(C4CC4)cnn23)c1. The van der Waals surface area contributed by atoms with Crippen molar-refractivity contribution in [2.45, 2.75) is 44.2 Å². The Morgan fingerprint density at radius 1 is 1.21 bits per heavy atom. The first-order valence-electron chi connectivity index (χ1n) is 10.1. The van der Waals surface area contributed by atoms with Crippen molar-refractivity contribution < 1.29 is 0 Å². The molecule has 0 spiro atoms. The van der Waals surface area contributed by atoms with E-state index in [-0.39, 0.29) is 12.4 Å². The Morgan fingerprint density at radius 3 is 2.86 bits per heavy atom. The summed E-state index contributed by atoms with van der Waals surface area (Å²) in [6.07, 6.45) is 6.87. The molecular formula is C21H26Cl2N6. The van der Waals surface area contributed by atoms with E-state index in [4.69, 9.17) is 16.6 Å². The number of aromatic nitrogens is 3. The molecule has 1 aliphatic carbocycles. The number of hydrogen-bond acceptors (Lipinski definition) is 5. The highest BCUT2D eigenvalue weighted by atomic mass is 35.5. The van der Waals surface area contributed by atoms with Crippen molar-refractivity contribution in [3.05, 3.63) is 52.7 Å². The van der Waals surface area contributed by atoms with Gasteiger partial charge in [0.05, 0.1) is 11.7 Å². The minimum atomic E-state index is 0. The third-order valence-corrected chi connectivity index (χ3v) is 5.78. The average Bonchev–Trinajstić information content (AvgIpc) is 3.46. The predicted octanol–water partition coefficient (Wildman–Crippen LogP) is 4.46. The molecule has 1 atom stereocenters. The van der Waals surface area contributed by atoms with Crippen molar-refractivity contribution in [1.82, 2.24) is 19.9 Å². The van der Waals surface area contributed by atoms with Crippen LogP contribution in [0.15, 0.2) is 36.5 Å². The molecule has 2 aromatic heterocycles. The predicted molar refractivity (Wildman–Crippen MR) is 121 cm³/mol. The molecule has 1 aromatic carbocycles. The fourth-order valence-electron chi connectivity index (χ4n) is 3.92. The largest absolute Gasteiger partial charge is 0.366 e. The first-order valence-corrected chi connectivity index (χ1v) is 10.5. The molecule has 0 bridgehead atoms. The lowest BCUT2D eigenvalue weighted by atomic mass is 10.1. The first kappa shape index (κ1) is 20.3. The zero-order chi connectivity index (χ0) is 18.9. The minimum Gasteiger partial charge on any atom is -0.366 e. The van der Waals surface area contributed by atoms with E-state index < -0.39 is 0 Å². The summed E-state index contributed by atoms with van der Waals surface area (Å²) in [6.45, 7) is 2.73. The van der Waals surface area contributed by atoms with Crippen LogP contribution in [0.5, 0.6) is 0 Å². The molecule has 1 saturated carbocycles. The van der Waals surface area contributed by atoms with E-state index in [1.165, 1.54) is 31.2 Å². The number of fused-ring (bicyclic) bond motifs is 1. The van der Waals surface area contributed by atoms with Gasteiger partial charge in [0.2, 0.25) is 5.95 Å². The summed E-state index contributed by atoms with van der Waals surface area (Å²) in [6, 6.07) is 10.5. The molecule has 3 N–H and O–H groups in total. The highest BCUT2D eigenvalue weighted by Gasteiger charge is 2.28. The third-order valence-electron chi connectivity index (χ3n) is 5.54. The van der Waals surface area contributed by atoms with Gasteiger partial charge in [-0.05, 0) is 55.8 Å². The van der Waals surface area contributed by atoms with Crippen molar-refractivity contribution in [1.29, 1.82) is 0 Å². The molecule has 2 fully saturated rings. The van der Waals surface area contributed by atoms with E-state index in [0.717, 1.165) is 41.0 Å². The van der Waals surface area contributed by atoms with Crippen LogP contribution in [-0.2, 0) is 6.54 Å². The van der Waals surface area contributed by atoms with Crippen LogP contribution in [0, 0.1) is 0 Å². The van der Waals surface area contributed by atoms with Crippen LogP contribution < -0.4 is 16.0 Å². The smallest absolute Gasteiger partial charge is 0.226 e. The Morgan fingerprint density at radius 2 is 2.10 bits per heavy atom. The minimum absolute atomic E-state index is 0. The lowest BCUT2D eigenvalue weighted by molar-refractivity contribution is 0.479. The van der Waals surface area contributed by atoms with Gasteiger partial charge in [0, 0.05) is 35.8 Å². The number of anilines is 2. The second-order valence-electron chi connectivity index (χ2n) is 7.81. The van der Waals surface area contributed by atoms with Crippen molar-refractivity contribution in [3.8, 4) is 0 Å². The van der Waals surface area contributed by atoms with E-state index in [1.807, 2.05) is 28.9 Å². The second kappa shape index (κ2) is 8.78. The molecule has 0 amide bonds. The van der Waals surface area contributed by atoms with E-state index in [9.17, 15) is 0 Å². The van der Waals surface area contributed by atoms with E-state index in [1.54, 1.807) is 0 Å². The normalized spacial score (nSPS) is 19.0. The summed E-state index contributed by atoms with van der Waals surface area (Å²) in [7, 11) is 0. The Balaban J connectivity index is 0.00000205. The van der Waals surface area contributed by atoms with Crippen molar-refractivity contribution in [3.63, 3.8) is 0 Å². The molecule has 2 aliphatic rings. The van der Waals surface area contributed by atoms with Gasteiger partial charge in [-0.15, -0.1) is 12.4 Å². The summed E-state index contributed by atoms with van der Waals surface area (Å²) in [5, 5.41) is 15.9. The first-order chi connectivity index (χ1) is 13.8. The molecular weight excluding hydrogens is 407 g/mol. The van der Waals surface area contributed by atoms with Crippen LogP contribution in [0.1, 0.15) is 42.7 Å². The number of halogens is 2. The van der Waals surface area contributed by atoms with Crippen LogP contribution in [0.3, 0.4) is 0 Å². The summed E-state index contributed by atoms with van der Waals surface area (Å²) >= 11 is 6.12. The second-order valence-corrected chi connectivity index (χ2v) is 8.24. The monoisotopic (exact) mass is 432 g/mol. The number of piperidine rings is 1. The Kier molecular flexibility index (Phi) is 6.13. The lowest BCUT2D eigenvalue weighted by Gasteiger charge is -2.24. The summed E-state index contributed by atoms with van der Waals surface area (Å²) in [4.78, 5) is 4.84. The molecule has 8 heteroatoms. The van der Waals surface area contributed by atoms with Gasteiger partial charge in [-0.3, -0.25) is 0 Å². The number of rotatable bonds is 6. The maximum absolute atomic E-state index is 6.12. The topological polar surface area (TPSA) is 66.3 Å². The van der Waals surface area contributed by atoms with Crippen LogP contribution >= 0.6 is 24.0 Å². The van der Waals surface area contributed by atoms with Crippen molar-refractivity contribution >= 4 is 41.3 Å². The van der Waals surface area contributed by atoms with Gasteiger partial charge in [-0.1, -0.05) is 23.7 Å². The zero-order valence-electron chi connectivity index (χ0n) is 16.2. The quantitative estimate of drug-likeness (QED) is 0.536. The molecule has 154 valence electrons. The molecule has 0 unspecified atom stereocenters. The Labute approximate surface area is 181 Å². The molecule has 3 heterocycles. The van der Waals surface area contributed by atoms with Gasteiger partial charge in [-0.25, -0.2) is 4.52 Å². The molecule has 3 aromatic rings. The molecule has 29 heavy (non-hydrogen) atoms. The summed E-state index contributed by atoms with van der Waals surface area (Å²) in [5.74, 6) is 2.32. The molecule has 1 saturated heterocycles. The fourth-order valence-corrected chi connectivity index (χ4v) is 4.13. The number of benzene rings is 1. The zero-order valence-corrected chi connectivity index (χ0v) is 17.8. The number of hydrogen-bond donors (Lipinski definition) is 3. The lowest BCUT2D eigenvalue weighted by Crippen LogP contribution is -2.38. The maximum Gasteiger partial charge on any atom is 0.226 e. The summed E-state index contributed by atoms with van der Waals surface area (Å²) < 4.78 is 1.93. The highest BCUT2D eigenvalue weighted by molar-refractivity contribution is 6.30. The van der Waals surface area contributed by atoms with Gasteiger partial charge >= 0.3 is 0 Å². The average molecular weight is 433 g/mol. The van der Waals surface area contributed by atoms with Gasteiger partial charge < -0.3 is 16.0 Å². The van der Waals surface area contributed by atoms with Gasteiger partial charge in [0.25, 0.3) is 0 Å². The fraction of sp³-hybridized carbons (Fsp3) is 0.429. The Bertz CT molecular complexity index is 978. The molecule has 5 rings (SSSR count). The van der Waals surface area contributed by atoms with Gasteiger partial charge in [0.15, 0.2) is 0 Å². The van der Waals surface area contributed by atoms with Crippen LogP contribution in [0.25, 0.3) is 5.52 Å². The van der Waals surface area contributed by atoms with Crippen LogP contribution in [0.2, 0.25) is 5.02 Å².